The Hall–Kier alpha value is -1.33. The molecule has 0 aliphatic heterocycles. The Bertz CT molecular complexity index is 473. The summed E-state index contributed by atoms with van der Waals surface area (Å²) in [6, 6.07) is 9.76. The topological polar surface area (TPSA) is 59.2 Å². The molecule has 1 atom stereocenters. The van der Waals surface area contributed by atoms with Gasteiger partial charge in [0, 0.05) is 17.4 Å². The first-order valence-electron chi connectivity index (χ1n) is 5.90. The highest BCUT2D eigenvalue weighted by atomic mass is 32.2. The van der Waals surface area contributed by atoms with E-state index in [1.54, 1.807) is 11.8 Å². The summed E-state index contributed by atoms with van der Waals surface area (Å²) in [7, 11) is 0. The Morgan fingerprint density at radius 3 is 2.83 bits per heavy atom. The summed E-state index contributed by atoms with van der Waals surface area (Å²) in [5.41, 5.74) is 0.959. The average Bonchev–Trinajstić information content (AvgIpc) is 2.87. The second-order valence-electron chi connectivity index (χ2n) is 4.01. The van der Waals surface area contributed by atoms with Crippen molar-refractivity contribution < 1.29 is 9.63 Å². The quantitative estimate of drug-likeness (QED) is 0.869. The summed E-state index contributed by atoms with van der Waals surface area (Å²) in [6.45, 7) is 2.29. The van der Waals surface area contributed by atoms with Gasteiger partial charge in [-0.15, -0.1) is 11.8 Å². The lowest BCUT2D eigenvalue weighted by atomic mass is 10.2. The predicted molar refractivity (Wildman–Crippen MR) is 72.2 cm³/mol. The molecule has 2 aromatic rings. The molecule has 0 aliphatic carbocycles. The number of aromatic nitrogens is 2. The van der Waals surface area contributed by atoms with Crippen LogP contribution < -0.4 is 0 Å². The van der Waals surface area contributed by atoms with Gasteiger partial charge in [-0.2, -0.15) is 4.98 Å². The van der Waals surface area contributed by atoms with Gasteiger partial charge in [-0.05, 0) is 6.42 Å². The summed E-state index contributed by atoms with van der Waals surface area (Å²) in [5.74, 6) is 1.94. The van der Waals surface area contributed by atoms with Crippen molar-refractivity contribution in [2.75, 3.05) is 6.61 Å². The van der Waals surface area contributed by atoms with Gasteiger partial charge < -0.3 is 9.63 Å². The van der Waals surface area contributed by atoms with E-state index in [0.29, 0.717) is 22.7 Å². The molecule has 0 bridgehead atoms. The Balaban J connectivity index is 1.95. The van der Waals surface area contributed by atoms with Gasteiger partial charge in [0.25, 0.3) is 0 Å². The highest BCUT2D eigenvalue weighted by Gasteiger charge is 2.10. The molecule has 0 fully saturated rings. The van der Waals surface area contributed by atoms with Crippen LogP contribution in [0.1, 0.15) is 19.2 Å². The van der Waals surface area contributed by atoms with Crippen LogP contribution in [0.3, 0.4) is 0 Å². The summed E-state index contributed by atoms with van der Waals surface area (Å²) in [6.07, 6.45) is 0.782. The van der Waals surface area contributed by atoms with Crippen LogP contribution in [0, 0.1) is 0 Å². The van der Waals surface area contributed by atoms with Gasteiger partial charge in [-0.25, -0.2) is 0 Å². The molecule has 1 aromatic heterocycles. The lowest BCUT2D eigenvalue weighted by Gasteiger charge is -2.05. The first-order chi connectivity index (χ1) is 8.79. The molecule has 0 spiro atoms. The molecule has 2 rings (SSSR count). The van der Waals surface area contributed by atoms with E-state index in [1.165, 1.54) is 0 Å². The van der Waals surface area contributed by atoms with E-state index in [-0.39, 0.29) is 6.61 Å². The summed E-state index contributed by atoms with van der Waals surface area (Å²) < 4.78 is 5.20. The molecule has 0 saturated heterocycles. The van der Waals surface area contributed by atoms with Crippen molar-refractivity contribution in [3.63, 3.8) is 0 Å². The molecule has 1 aromatic carbocycles. The third kappa shape index (κ3) is 3.58. The highest BCUT2D eigenvalue weighted by Crippen LogP contribution is 2.21. The zero-order valence-corrected chi connectivity index (χ0v) is 11.1. The number of benzene rings is 1. The van der Waals surface area contributed by atoms with E-state index >= 15 is 0 Å². The fourth-order valence-corrected chi connectivity index (χ4v) is 2.31. The number of aliphatic hydroxyl groups is 1. The summed E-state index contributed by atoms with van der Waals surface area (Å²) in [5, 5.41) is 13.2. The van der Waals surface area contributed by atoms with Gasteiger partial charge in [0.15, 0.2) is 0 Å². The first-order valence-corrected chi connectivity index (χ1v) is 6.95. The van der Waals surface area contributed by atoms with Crippen LogP contribution in [0.5, 0.6) is 0 Å². The molecule has 1 unspecified atom stereocenters. The van der Waals surface area contributed by atoms with Crippen LogP contribution in [0.25, 0.3) is 11.4 Å². The van der Waals surface area contributed by atoms with Crippen molar-refractivity contribution >= 4 is 11.8 Å². The molecule has 18 heavy (non-hydrogen) atoms. The maximum Gasteiger partial charge on any atom is 0.236 e. The SMILES string of the molecule is CC(CCO)SCc1nc(-c2ccccc2)no1. The summed E-state index contributed by atoms with van der Waals surface area (Å²) >= 11 is 1.71. The molecule has 4 nitrogen and oxygen atoms in total. The van der Waals surface area contributed by atoms with E-state index in [4.69, 9.17) is 9.63 Å². The van der Waals surface area contributed by atoms with Gasteiger partial charge in [-0.1, -0.05) is 42.4 Å². The van der Waals surface area contributed by atoms with Gasteiger partial charge in [-0.3, -0.25) is 0 Å². The van der Waals surface area contributed by atoms with Crippen molar-refractivity contribution in [1.82, 2.24) is 10.1 Å². The largest absolute Gasteiger partial charge is 0.396 e. The highest BCUT2D eigenvalue weighted by molar-refractivity contribution is 7.99. The fourth-order valence-electron chi connectivity index (χ4n) is 1.50. The Morgan fingerprint density at radius 2 is 2.11 bits per heavy atom. The van der Waals surface area contributed by atoms with Crippen molar-refractivity contribution in [2.24, 2.45) is 0 Å². The zero-order chi connectivity index (χ0) is 12.8. The zero-order valence-electron chi connectivity index (χ0n) is 10.2. The van der Waals surface area contributed by atoms with Gasteiger partial charge in [0.1, 0.15) is 0 Å². The molecule has 1 heterocycles. The molecule has 0 amide bonds. The van der Waals surface area contributed by atoms with Crippen LogP contribution in [-0.2, 0) is 5.75 Å². The van der Waals surface area contributed by atoms with Crippen molar-refractivity contribution in [3.05, 3.63) is 36.2 Å². The Morgan fingerprint density at radius 1 is 1.33 bits per heavy atom. The van der Waals surface area contributed by atoms with E-state index in [0.717, 1.165) is 12.0 Å². The molecule has 1 N–H and O–H groups in total. The van der Waals surface area contributed by atoms with Gasteiger partial charge >= 0.3 is 0 Å². The maximum absolute atomic E-state index is 8.82. The standard InChI is InChI=1S/C13H16N2O2S/c1-10(7-8-16)18-9-12-14-13(15-17-12)11-5-3-2-4-6-11/h2-6,10,16H,7-9H2,1H3. The third-order valence-corrected chi connectivity index (χ3v) is 3.75. The number of thioether (sulfide) groups is 1. The molecule has 96 valence electrons. The number of aliphatic hydroxyl groups excluding tert-OH is 1. The van der Waals surface area contributed by atoms with Crippen molar-refractivity contribution in [2.45, 2.75) is 24.3 Å². The second kappa shape index (κ2) is 6.56. The van der Waals surface area contributed by atoms with Crippen molar-refractivity contribution in [1.29, 1.82) is 0 Å². The smallest absolute Gasteiger partial charge is 0.236 e. The fraction of sp³-hybridized carbons (Fsp3) is 0.385. The second-order valence-corrected chi connectivity index (χ2v) is 5.44. The van der Waals surface area contributed by atoms with Gasteiger partial charge in [0.2, 0.25) is 11.7 Å². The minimum absolute atomic E-state index is 0.216. The van der Waals surface area contributed by atoms with E-state index in [1.807, 2.05) is 30.3 Å². The molecular formula is C13H16N2O2S. The van der Waals surface area contributed by atoms with Crippen molar-refractivity contribution in [3.8, 4) is 11.4 Å². The maximum atomic E-state index is 8.82. The molecule has 5 heteroatoms. The first kappa shape index (κ1) is 13.1. The van der Waals surface area contributed by atoms with E-state index in [9.17, 15) is 0 Å². The van der Waals surface area contributed by atoms with Crippen LogP contribution in [0.15, 0.2) is 34.9 Å². The van der Waals surface area contributed by atoms with Crippen LogP contribution in [-0.4, -0.2) is 27.1 Å². The molecule has 0 radical (unpaired) electrons. The molecule has 0 saturated carbocycles. The number of rotatable bonds is 6. The number of hydrogen-bond acceptors (Lipinski definition) is 5. The predicted octanol–water partition coefficient (Wildman–Crippen LogP) is 2.74. The lowest BCUT2D eigenvalue weighted by molar-refractivity contribution is 0.289. The molecule has 0 aliphatic rings. The number of hydrogen-bond donors (Lipinski definition) is 1. The van der Waals surface area contributed by atoms with E-state index in [2.05, 4.69) is 17.1 Å². The molecular weight excluding hydrogens is 248 g/mol. The average molecular weight is 264 g/mol. The number of nitrogens with zero attached hydrogens (tertiary/aromatic N) is 2. The monoisotopic (exact) mass is 264 g/mol. The lowest BCUT2D eigenvalue weighted by Crippen LogP contribution is -1.99. The minimum atomic E-state index is 0.216. The van der Waals surface area contributed by atoms with Gasteiger partial charge in [0.05, 0.1) is 5.75 Å². The van der Waals surface area contributed by atoms with Crippen LogP contribution in [0.4, 0.5) is 0 Å². The third-order valence-electron chi connectivity index (χ3n) is 2.53. The Labute approximate surface area is 110 Å². The van der Waals surface area contributed by atoms with Crippen LogP contribution >= 0.6 is 11.8 Å². The normalized spacial score (nSPS) is 12.6. The minimum Gasteiger partial charge on any atom is -0.396 e. The summed E-state index contributed by atoms with van der Waals surface area (Å²) in [4.78, 5) is 4.35. The Kier molecular flexibility index (Phi) is 4.78. The van der Waals surface area contributed by atoms with Crippen LogP contribution in [0.2, 0.25) is 0 Å². The van der Waals surface area contributed by atoms with E-state index < -0.39 is 0 Å².